The number of carbonyl (C=O) groups excluding carboxylic acids is 1. The molecule has 2 unspecified atom stereocenters. The molecule has 6 nitrogen and oxygen atoms in total. The van der Waals surface area contributed by atoms with E-state index in [4.69, 9.17) is 4.74 Å². The van der Waals surface area contributed by atoms with Crippen molar-refractivity contribution >= 4 is 5.91 Å². The minimum absolute atomic E-state index is 0.0405. The number of hydrazine groups is 1. The van der Waals surface area contributed by atoms with Crippen LogP contribution in [0.4, 0.5) is 13.2 Å². The van der Waals surface area contributed by atoms with E-state index in [0.29, 0.717) is 13.1 Å². The number of nitrogens with zero attached hydrogens (tertiary/aromatic N) is 2. The number of hydrogen-bond donors (Lipinski definition) is 2. The van der Waals surface area contributed by atoms with Gasteiger partial charge in [-0.25, -0.2) is 5.43 Å². The molecule has 2 fully saturated rings. The second kappa shape index (κ2) is 11.2. The van der Waals surface area contributed by atoms with Crippen molar-refractivity contribution in [2.24, 2.45) is 5.92 Å². The summed E-state index contributed by atoms with van der Waals surface area (Å²) in [5.41, 5.74) is 9.23. The number of benzene rings is 3. The first-order chi connectivity index (χ1) is 19.4. The predicted molar refractivity (Wildman–Crippen MR) is 145 cm³/mol. The number of hydrogen-bond acceptors (Lipinski definition) is 5. The summed E-state index contributed by atoms with van der Waals surface area (Å²) in [5, 5.41) is 0. The van der Waals surface area contributed by atoms with Gasteiger partial charge in [0, 0.05) is 38.8 Å². The molecule has 40 heavy (non-hydrogen) atoms. The van der Waals surface area contributed by atoms with Crippen LogP contribution in [0.25, 0.3) is 0 Å². The minimum atomic E-state index is -4.60. The maximum absolute atomic E-state index is 13.7. The average molecular weight is 551 g/mol. The Morgan fingerprint density at radius 2 is 1.48 bits per heavy atom. The first-order valence-corrected chi connectivity index (χ1v) is 13.8. The Morgan fingerprint density at radius 1 is 0.850 bits per heavy atom. The molecule has 3 heterocycles. The van der Waals surface area contributed by atoms with E-state index in [2.05, 4.69) is 64.3 Å². The fourth-order valence-electron chi connectivity index (χ4n) is 6.35. The normalized spacial score (nSPS) is 22.8. The van der Waals surface area contributed by atoms with E-state index < -0.39 is 24.0 Å². The van der Waals surface area contributed by atoms with E-state index in [1.807, 2.05) is 30.3 Å². The molecular formula is C31H33F3N4O2. The highest BCUT2D eigenvalue weighted by Gasteiger charge is 2.53. The summed E-state index contributed by atoms with van der Waals surface area (Å²) < 4.78 is 47.4. The van der Waals surface area contributed by atoms with Crippen molar-refractivity contribution in [3.05, 3.63) is 101 Å². The van der Waals surface area contributed by atoms with Crippen LogP contribution in [0.3, 0.4) is 0 Å². The summed E-state index contributed by atoms with van der Waals surface area (Å²) >= 11 is 0. The van der Waals surface area contributed by atoms with Crippen LogP contribution in [0.2, 0.25) is 0 Å². The Morgan fingerprint density at radius 3 is 2.10 bits per heavy atom. The molecule has 9 heteroatoms. The van der Waals surface area contributed by atoms with Gasteiger partial charge in [-0.3, -0.25) is 20.0 Å². The van der Waals surface area contributed by atoms with Crippen molar-refractivity contribution in [1.82, 2.24) is 20.7 Å². The van der Waals surface area contributed by atoms with Crippen molar-refractivity contribution < 1.29 is 22.7 Å². The number of alkyl halides is 3. The van der Waals surface area contributed by atoms with Gasteiger partial charge in [0.15, 0.2) is 5.92 Å². The van der Waals surface area contributed by atoms with Crippen LogP contribution < -0.4 is 15.6 Å². The van der Waals surface area contributed by atoms with Crippen molar-refractivity contribution in [1.29, 1.82) is 0 Å². The molecule has 0 saturated carbocycles. The van der Waals surface area contributed by atoms with Gasteiger partial charge in [0.1, 0.15) is 11.9 Å². The summed E-state index contributed by atoms with van der Waals surface area (Å²) in [6, 6.07) is 26.2. The number of carbonyl (C=O) groups is 1. The van der Waals surface area contributed by atoms with Gasteiger partial charge < -0.3 is 4.74 Å². The molecular weight excluding hydrogens is 517 g/mol. The first-order valence-electron chi connectivity index (χ1n) is 13.8. The summed E-state index contributed by atoms with van der Waals surface area (Å²) in [6.07, 6.45) is -2.76. The highest BCUT2D eigenvalue weighted by molar-refractivity contribution is 5.80. The topological polar surface area (TPSA) is 56.8 Å². The van der Waals surface area contributed by atoms with Crippen LogP contribution in [-0.4, -0.2) is 53.7 Å². The third-order valence-corrected chi connectivity index (χ3v) is 8.31. The van der Waals surface area contributed by atoms with E-state index in [-0.39, 0.29) is 18.7 Å². The summed E-state index contributed by atoms with van der Waals surface area (Å²) in [4.78, 5) is 16.3. The highest BCUT2D eigenvalue weighted by Crippen LogP contribution is 2.37. The molecule has 3 aliphatic rings. The quantitative estimate of drug-likeness (QED) is 0.461. The van der Waals surface area contributed by atoms with E-state index in [1.54, 1.807) is 4.90 Å². The van der Waals surface area contributed by atoms with E-state index in [0.717, 1.165) is 42.8 Å². The van der Waals surface area contributed by atoms with Crippen LogP contribution in [0.5, 0.6) is 5.75 Å². The van der Waals surface area contributed by atoms with Gasteiger partial charge in [-0.1, -0.05) is 66.7 Å². The number of halogens is 3. The molecule has 0 aliphatic carbocycles. The van der Waals surface area contributed by atoms with Gasteiger partial charge in [0.05, 0.1) is 6.04 Å². The van der Waals surface area contributed by atoms with Crippen LogP contribution in [0.1, 0.15) is 41.1 Å². The number of nitrogens with one attached hydrogen (secondary N) is 2. The zero-order valence-corrected chi connectivity index (χ0v) is 22.1. The molecule has 6 rings (SSSR count). The lowest BCUT2D eigenvalue weighted by molar-refractivity contribution is -0.201. The number of likely N-dealkylation sites (tertiary alicyclic amines) is 1. The third kappa shape index (κ3) is 5.59. The van der Waals surface area contributed by atoms with Gasteiger partial charge in [0.2, 0.25) is 5.91 Å². The summed E-state index contributed by atoms with van der Waals surface area (Å²) in [5.74, 6) is -2.34. The maximum atomic E-state index is 13.7. The number of ether oxygens (including phenoxy) is 1. The number of fused-ring (bicyclic) bond motifs is 1. The monoisotopic (exact) mass is 550 g/mol. The van der Waals surface area contributed by atoms with Gasteiger partial charge in [-0.2, -0.15) is 13.2 Å². The van der Waals surface area contributed by atoms with E-state index >= 15 is 0 Å². The molecule has 210 valence electrons. The van der Waals surface area contributed by atoms with Crippen LogP contribution in [0, 0.1) is 5.92 Å². The van der Waals surface area contributed by atoms with Crippen LogP contribution >= 0.6 is 0 Å². The largest absolute Gasteiger partial charge is 0.490 e. The number of rotatable bonds is 6. The summed E-state index contributed by atoms with van der Waals surface area (Å²) in [6.45, 7) is 2.56. The molecule has 0 radical (unpaired) electrons. The highest BCUT2D eigenvalue weighted by atomic mass is 19.4. The third-order valence-electron chi connectivity index (χ3n) is 8.31. The lowest BCUT2D eigenvalue weighted by Crippen LogP contribution is -2.63. The van der Waals surface area contributed by atoms with Crippen molar-refractivity contribution in [3.63, 3.8) is 0 Å². The number of piperidine rings is 1. The molecule has 0 bridgehead atoms. The van der Waals surface area contributed by atoms with Gasteiger partial charge >= 0.3 is 6.18 Å². The Labute approximate surface area is 232 Å². The zero-order valence-electron chi connectivity index (χ0n) is 22.1. The molecule has 3 aromatic rings. The van der Waals surface area contributed by atoms with Gasteiger partial charge in [-0.15, -0.1) is 0 Å². The Kier molecular flexibility index (Phi) is 7.53. The van der Waals surface area contributed by atoms with Crippen LogP contribution in [0.15, 0.2) is 78.9 Å². The molecule has 2 N–H and O–H groups in total. The fraction of sp³-hybridized carbons (Fsp3) is 0.387. The Hall–Kier alpha value is -3.40. The predicted octanol–water partition coefficient (Wildman–Crippen LogP) is 4.82. The van der Waals surface area contributed by atoms with Gasteiger partial charge in [0.25, 0.3) is 0 Å². The maximum Gasteiger partial charge on any atom is 0.402 e. The van der Waals surface area contributed by atoms with Crippen LogP contribution in [-0.2, 0) is 17.9 Å². The Balaban J connectivity index is 1.10. The molecule has 1 amide bonds. The molecule has 2 atom stereocenters. The fourth-order valence-corrected chi connectivity index (χ4v) is 6.35. The second-order valence-electron chi connectivity index (χ2n) is 10.9. The molecule has 0 aromatic heterocycles. The molecule has 3 aromatic carbocycles. The number of amides is 1. The standard InChI is InChI=1S/C31H33F3N4O2/c32-31(33,34)28-27(18-35-36-30(28)39)38-19-23-11-12-26(17-24(23)20-38)40-25-13-15-37(16-14-25)29(21-7-3-1-4-8-21)22-9-5-2-6-10-22/h1-12,17,25,27-29,35H,13-16,18-20H2,(H,36,39). The zero-order chi connectivity index (χ0) is 27.7. The minimum Gasteiger partial charge on any atom is -0.490 e. The molecule has 0 spiro atoms. The van der Waals surface area contributed by atoms with E-state index in [1.165, 1.54) is 11.1 Å². The average Bonchev–Trinajstić information content (AvgIpc) is 3.38. The van der Waals surface area contributed by atoms with Crippen molar-refractivity contribution in [3.8, 4) is 5.75 Å². The SMILES string of the molecule is O=C1NNCC(N2Cc3ccc(OC4CCN(C(c5ccccc5)c5ccccc5)CC4)cc3C2)C1C(F)(F)F. The summed E-state index contributed by atoms with van der Waals surface area (Å²) in [7, 11) is 0. The smallest absolute Gasteiger partial charge is 0.402 e. The Bertz CT molecular complexity index is 1270. The molecule has 2 saturated heterocycles. The van der Waals surface area contributed by atoms with Crippen molar-refractivity contribution in [2.75, 3.05) is 19.6 Å². The van der Waals surface area contributed by atoms with E-state index in [9.17, 15) is 18.0 Å². The van der Waals surface area contributed by atoms with Gasteiger partial charge in [-0.05, 0) is 47.2 Å². The molecule has 3 aliphatic heterocycles. The second-order valence-corrected chi connectivity index (χ2v) is 10.9. The first kappa shape index (κ1) is 26.8. The lowest BCUT2D eigenvalue weighted by Gasteiger charge is -2.38. The van der Waals surface area contributed by atoms with Crippen molar-refractivity contribution in [2.45, 2.75) is 50.3 Å². The lowest BCUT2D eigenvalue weighted by atomic mass is 9.94.